The summed E-state index contributed by atoms with van der Waals surface area (Å²) in [7, 11) is 1.34. The van der Waals surface area contributed by atoms with Crippen molar-refractivity contribution in [2.24, 2.45) is 0 Å². The molecule has 2 N–H and O–H groups in total. The van der Waals surface area contributed by atoms with Gasteiger partial charge in [0, 0.05) is 16.2 Å². The maximum Gasteiger partial charge on any atom is 0.330 e. The van der Waals surface area contributed by atoms with Crippen molar-refractivity contribution in [1.29, 1.82) is 0 Å². The zero-order valence-electron chi connectivity index (χ0n) is 17.0. The molecule has 0 fully saturated rings. The van der Waals surface area contributed by atoms with Gasteiger partial charge >= 0.3 is 5.97 Å². The van der Waals surface area contributed by atoms with Crippen LogP contribution in [0.4, 0.5) is 0 Å². The summed E-state index contributed by atoms with van der Waals surface area (Å²) in [6.45, 7) is 1.85. The largest absolute Gasteiger partial charge is 0.508 e. The van der Waals surface area contributed by atoms with Crippen LogP contribution in [0.5, 0.6) is 23.0 Å². The molecule has 3 aromatic carbocycles. The molecule has 1 heterocycles. The fourth-order valence-corrected chi connectivity index (χ4v) is 4.31. The van der Waals surface area contributed by atoms with Crippen molar-refractivity contribution in [2.75, 3.05) is 7.11 Å². The number of phenols is 2. The predicted molar refractivity (Wildman–Crippen MR) is 123 cm³/mol. The van der Waals surface area contributed by atoms with E-state index < -0.39 is 5.97 Å². The van der Waals surface area contributed by atoms with Crippen LogP contribution in [0.2, 0.25) is 0 Å². The van der Waals surface area contributed by atoms with E-state index in [1.165, 1.54) is 24.5 Å². The van der Waals surface area contributed by atoms with Gasteiger partial charge in [0.2, 0.25) is 0 Å². The molecule has 0 aliphatic rings. The van der Waals surface area contributed by atoms with Crippen LogP contribution < -0.4 is 4.74 Å². The summed E-state index contributed by atoms with van der Waals surface area (Å²) < 4.78 is 11.8. The van der Waals surface area contributed by atoms with Gasteiger partial charge in [0.15, 0.2) is 5.75 Å². The number of thiophene rings is 1. The van der Waals surface area contributed by atoms with Crippen molar-refractivity contribution in [3.8, 4) is 33.4 Å². The molecule has 0 atom stereocenters. The summed E-state index contributed by atoms with van der Waals surface area (Å²) in [5, 5.41) is 20.7. The Labute approximate surface area is 183 Å². The smallest absolute Gasteiger partial charge is 0.330 e. The summed E-state index contributed by atoms with van der Waals surface area (Å²) in [6.07, 6.45) is 3.03. The van der Waals surface area contributed by atoms with Crippen LogP contribution in [0.15, 0.2) is 66.7 Å². The van der Waals surface area contributed by atoms with Crippen molar-refractivity contribution in [3.63, 3.8) is 0 Å². The number of carbonyl (C=O) groups is 1. The van der Waals surface area contributed by atoms with Gasteiger partial charge in [0.1, 0.15) is 17.2 Å². The Balaban J connectivity index is 1.73. The normalized spacial score (nSPS) is 11.2. The van der Waals surface area contributed by atoms with E-state index in [2.05, 4.69) is 4.74 Å². The monoisotopic (exact) mass is 432 g/mol. The molecule has 0 bridgehead atoms. The zero-order chi connectivity index (χ0) is 22.0. The minimum atomic E-state index is -0.415. The highest BCUT2D eigenvalue weighted by atomic mass is 32.1. The van der Waals surface area contributed by atoms with Gasteiger partial charge in [-0.15, -0.1) is 11.3 Å². The Hall–Kier alpha value is -3.77. The van der Waals surface area contributed by atoms with Crippen molar-refractivity contribution >= 4 is 33.5 Å². The molecule has 0 saturated heterocycles. The second-order valence-corrected chi connectivity index (χ2v) is 8.02. The zero-order valence-corrected chi connectivity index (χ0v) is 17.8. The quantitative estimate of drug-likeness (QED) is 0.287. The topological polar surface area (TPSA) is 76.0 Å². The van der Waals surface area contributed by atoms with Gasteiger partial charge in [0.05, 0.1) is 12.0 Å². The van der Waals surface area contributed by atoms with Gasteiger partial charge < -0.3 is 19.7 Å². The highest BCUT2D eigenvalue weighted by Crippen LogP contribution is 2.47. The number of aromatic hydroxyl groups is 2. The minimum Gasteiger partial charge on any atom is -0.508 e. The molecule has 0 aliphatic carbocycles. The Morgan fingerprint density at radius 1 is 1.00 bits per heavy atom. The van der Waals surface area contributed by atoms with Crippen LogP contribution in [0, 0.1) is 6.92 Å². The van der Waals surface area contributed by atoms with Crippen molar-refractivity contribution in [3.05, 3.63) is 77.9 Å². The third-order valence-corrected chi connectivity index (χ3v) is 5.98. The summed E-state index contributed by atoms with van der Waals surface area (Å²) in [5.74, 6) is 1.33. The average Bonchev–Trinajstić information content (AvgIpc) is 3.12. The second kappa shape index (κ2) is 8.53. The summed E-state index contributed by atoms with van der Waals surface area (Å²) in [5.41, 5.74) is 2.53. The first-order valence-electron chi connectivity index (χ1n) is 9.54. The fraction of sp³-hybridized carbons (Fsp3) is 0.0800. The summed E-state index contributed by atoms with van der Waals surface area (Å²) in [6, 6.07) is 17.9. The molecule has 0 saturated carbocycles. The lowest BCUT2D eigenvalue weighted by atomic mass is 10.1. The molecule has 0 spiro atoms. The number of aryl methyl sites for hydroxylation is 1. The molecule has 0 aliphatic heterocycles. The Bertz CT molecular complexity index is 1290. The molecule has 6 heteroatoms. The van der Waals surface area contributed by atoms with Gasteiger partial charge in [-0.3, -0.25) is 0 Å². The van der Waals surface area contributed by atoms with E-state index in [1.807, 2.05) is 49.4 Å². The molecule has 1 aromatic heterocycles. The van der Waals surface area contributed by atoms with Crippen LogP contribution in [0.1, 0.15) is 11.1 Å². The van der Waals surface area contributed by atoms with E-state index in [0.717, 1.165) is 31.7 Å². The molecule has 5 nitrogen and oxygen atoms in total. The first kappa shape index (κ1) is 20.5. The molecular formula is C25H20O5S. The van der Waals surface area contributed by atoms with Crippen LogP contribution in [-0.4, -0.2) is 23.3 Å². The van der Waals surface area contributed by atoms with E-state index in [9.17, 15) is 15.0 Å². The summed E-state index contributed by atoms with van der Waals surface area (Å²) in [4.78, 5) is 12.2. The fourth-order valence-electron chi connectivity index (χ4n) is 3.15. The number of hydrogen-bond acceptors (Lipinski definition) is 6. The van der Waals surface area contributed by atoms with Crippen molar-refractivity contribution in [1.82, 2.24) is 0 Å². The molecular weight excluding hydrogens is 412 g/mol. The van der Waals surface area contributed by atoms with Crippen LogP contribution in [0.3, 0.4) is 0 Å². The molecule has 0 amide bonds. The number of methoxy groups -OCH3 is 1. The number of hydrogen-bond donors (Lipinski definition) is 2. The Morgan fingerprint density at radius 3 is 2.48 bits per heavy atom. The van der Waals surface area contributed by atoms with Crippen molar-refractivity contribution < 1.29 is 24.5 Å². The Morgan fingerprint density at radius 2 is 1.77 bits per heavy atom. The number of esters is 1. The van der Waals surface area contributed by atoms with Crippen LogP contribution in [0.25, 0.3) is 26.6 Å². The van der Waals surface area contributed by atoms with Crippen LogP contribution in [-0.2, 0) is 9.53 Å². The predicted octanol–water partition coefficient (Wildman–Crippen LogP) is 6.27. The first-order valence-corrected chi connectivity index (χ1v) is 10.4. The lowest BCUT2D eigenvalue weighted by Crippen LogP contribution is -1.93. The summed E-state index contributed by atoms with van der Waals surface area (Å²) >= 11 is 1.51. The lowest BCUT2D eigenvalue weighted by molar-refractivity contribution is -0.134. The number of rotatable bonds is 5. The van der Waals surface area contributed by atoms with E-state index in [1.54, 1.807) is 24.3 Å². The van der Waals surface area contributed by atoms with Gasteiger partial charge in [-0.2, -0.15) is 0 Å². The second-order valence-electron chi connectivity index (χ2n) is 6.97. The Kier molecular flexibility index (Phi) is 5.64. The highest BCUT2D eigenvalue weighted by molar-refractivity contribution is 7.22. The van der Waals surface area contributed by atoms with Gasteiger partial charge in [-0.1, -0.05) is 12.1 Å². The molecule has 4 rings (SSSR count). The number of ether oxygens (including phenoxy) is 2. The first-order chi connectivity index (χ1) is 14.9. The molecule has 156 valence electrons. The number of phenolic OH excluding ortho intramolecular Hbond substituents is 2. The van der Waals surface area contributed by atoms with Crippen molar-refractivity contribution in [2.45, 2.75) is 6.92 Å². The number of benzene rings is 3. The van der Waals surface area contributed by atoms with Gasteiger partial charge in [-0.05, 0) is 78.2 Å². The molecule has 0 radical (unpaired) electrons. The number of carbonyl (C=O) groups excluding carboxylic acids is 1. The average molecular weight is 432 g/mol. The molecule has 31 heavy (non-hydrogen) atoms. The molecule has 0 unspecified atom stereocenters. The van der Waals surface area contributed by atoms with E-state index >= 15 is 0 Å². The maximum atomic E-state index is 11.3. The maximum absolute atomic E-state index is 11.3. The molecule has 4 aromatic rings. The SMILES string of the molecule is COC(=O)/C=C/c1ccc(Oc2c(-c3ccc(O)c(C)c3)sc3cc(O)ccc23)cc1. The van der Waals surface area contributed by atoms with Gasteiger partial charge in [0.25, 0.3) is 0 Å². The minimum absolute atomic E-state index is 0.190. The standard InChI is InChI=1S/C25H20O5S/c1-15-13-17(6-11-21(15)27)25-24(20-10-7-18(26)14-22(20)31-25)30-19-8-3-16(4-9-19)5-12-23(28)29-2/h3-14,26-27H,1-2H3/b12-5+. The third kappa shape index (κ3) is 4.39. The van der Waals surface area contributed by atoms with E-state index in [-0.39, 0.29) is 11.5 Å². The van der Waals surface area contributed by atoms with E-state index in [0.29, 0.717) is 11.5 Å². The third-order valence-electron chi connectivity index (χ3n) is 4.80. The van der Waals surface area contributed by atoms with Crippen LogP contribution >= 0.6 is 11.3 Å². The highest BCUT2D eigenvalue weighted by Gasteiger charge is 2.17. The van der Waals surface area contributed by atoms with E-state index in [4.69, 9.17) is 4.74 Å². The number of fused-ring (bicyclic) bond motifs is 1. The van der Waals surface area contributed by atoms with Gasteiger partial charge in [-0.25, -0.2) is 4.79 Å². The lowest BCUT2D eigenvalue weighted by Gasteiger charge is -2.09.